The van der Waals surface area contributed by atoms with Crippen LogP contribution in [0, 0.1) is 24.4 Å². The van der Waals surface area contributed by atoms with Crippen LogP contribution in [0.2, 0.25) is 17.3 Å². The fraction of sp³-hybridized carbons (Fsp3) is 0.200. The number of hydrogen-bond donors (Lipinski definition) is 0. The molecule has 4 nitrogen and oxygen atoms in total. The predicted octanol–water partition coefficient (Wildman–Crippen LogP) is 11.4. The molecule has 5 aromatic carbocycles. The minimum atomic E-state index is -2.36. The third-order valence-electron chi connectivity index (χ3n) is 8.44. The summed E-state index contributed by atoms with van der Waals surface area (Å²) in [6.07, 6.45) is 0.303. The first-order chi connectivity index (χ1) is 25.9. The Morgan fingerprint density at radius 3 is 2.25 bits per heavy atom. The molecule has 0 bridgehead atoms. The average molecular weight is 912 g/mol. The Labute approximate surface area is 324 Å². The Morgan fingerprint density at radius 2 is 1.53 bits per heavy atom. The van der Waals surface area contributed by atoms with Crippen LogP contribution in [0.5, 0.6) is 0 Å². The van der Waals surface area contributed by atoms with Gasteiger partial charge in [-0.3, -0.25) is 4.98 Å². The summed E-state index contributed by atoms with van der Waals surface area (Å²) < 4.78 is 49.4. The van der Waals surface area contributed by atoms with E-state index in [0.717, 1.165) is 54.4 Å². The summed E-state index contributed by atoms with van der Waals surface area (Å²) >= 11 is -2.36. The molecule has 0 spiro atoms. The van der Waals surface area contributed by atoms with Crippen molar-refractivity contribution in [2.75, 3.05) is 0 Å². The van der Waals surface area contributed by atoms with Gasteiger partial charge < -0.3 is 8.98 Å². The van der Waals surface area contributed by atoms with Crippen LogP contribution < -0.4 is 4.40 Å². The van der Waals surface area contributed by atoms with Crippen molar-refractivity contribution in [1.82, 2.24) is 14.5 Å². The van der Waals surface area contributed by atoms with E-state index in [9.17, 15) is 0 Å². The van der Waals surface area contributed by atoms with Crippen molar-refractivity contribution >= 4 is 50.6 Å². The number of hydrogen-bond acceptors (Lipinski definition) is 3. The zero-order valence-electron chi connectivity index (χ0n) is 34.6. The number of aromatic nitrogens is 3. The first-order valence-electron chi connectivity index (χ1n) is 19.3. The maximum absolute atomic E-state index is 8.80. The molecular weight excluding hydrogens is 863 g/mol. The van der Waals surface area contributed by atoms with Gasteiger partial charge >= 0.3 is 145 Å². The molecule has 1 radical (unpaired) electrons. The minimum Gasteiger partial charge on any atom is -0.476 e. The van der Waals surface area contributed by atoms with Crippen LogP contribution >= 0.6 is 0 Å². The topological polar surface area (TPSA) is 43.9 Å². The van der Waals surface area contributed by atoms with Crippen molar-refractivity contribution in [3.05, 3.63) is 145 Å². The molecule has 0 saturated carbocycles. The largest absolute Gasteiger partial charge is 0.476 e. The Bertz CT molecular complexity index is 2640. The molecule has 3 aromatic heterocycles. The number of benzene rings is 5. The van der Waals surface area contributed by atoms with Crippen molar-refractivity contribution in [3.63, 3.8) is 0 Å². The molecule has 0 amide bonds. The van der Waals surface area contributed by atoms with Crippen LogP contribution in [-0.4, -0.2) is 27.8 Å². The van der Waals surface area contributed by atoms with Gasteiger partial charge in [-0.1, -0.05) is 60.0 Å². The molecule has 8 aromatic rings. The summed E-state index contributed by atoms with van der Waals surface area (Å²) in [4.78, 5) is 9.48. The fourth-order valence-corrected chi connectivity index (χ4v) is 9.06. The van der Waals surface area contributed by atoms with Crippen molar-refractivity contribution in [2.24, 2.45) is 5.41 Å². The van der Waals surface area contributed by atoms with E-state index in [2.05, 4.69) is 63.2 Å². The molecule has 0 unspecified atom stereocenters. The molecule has 0 N–H and O–H groups in total. The zero-order chi connectivity index (χ0) is 39.3. The number of para-hydroxylation sites is 4. The SMILES string of the molecule is [2H]C([2H])([2H])c1c[c-]c(-c2cc(C([2H])([2H])C(C)(C)C)[c]([Ge]([CH3])([CH3])[CH3])cn2)cc1.[Ir].[c-]1cc2c(cc1-c1nc3ccccc3n1-c1ccccc1)oc1ccccc12. The maximum atomic E-state index is 8.80. The zero-order valence-corrected chi connectivity index (χ0v) is 34.1. The summed E-state index contributed by atoms with van der Waals surface area (Å²) in [5.41, 5.74) is 7.40. The number of fused-ring (bicyclic) bond motifs is 4. The maximum Gasteiger partial charge on any atom is 0.123 e. The van der Waals surface area contributed by atoms with Gasteiger partial charge in [0, 0.05) is 25.8 Å². The second kappa shape index (κ2) is 14.8. The van der Waals surface area contributed by atoms with Gasteiger partial charge in [-0.2, -0.15) is 0 Å². The van der Waals surface area contributed by atoms with Gasteiger partial charge in [-0.25, -0.2) is 0 Å². The average Bonchev–Trinajstić information content (AvgIpc) is 3.73. The van der Waals surface area contributed by atoms with Crippen molar-refractivity contribution in [2.45, 2.75) is 51.3 Å². The second-order valence-electron chi connectivity index (χ2n) is 14.5. The summed E-state index contributed by atoms with van der Waals surface area (Å²) in [5.74, 6) is 7.55. The minimum absolute atomic E-state index is 0. The molecule has 3 heterocycles. The van der Waals surface area contributed by atoms with Crippen LogP contribution in [0.15, 0.2) is 126 Å². The third-order valence-corrected chi connectivity index (χ3v) is 12.7. The van der Waals surface area contributed by atoms with E-state index in [1.165, 1.54) is 6.07 Å². The molecule has 51 heavy (non-hydrogen) atoms. The van der Waals surface area contributed by atoms with E-state index >= 15 is 0 Å². The number of imidazole rings is 1. The molecule has 0 saturated heterocycles. The third kappa shape index (κ3) is 7.97. The molecular formula is C45H43GeIrN3O-2. The van der Waals surface area contributed by atoms with E-state index in [-0.39, 0.29) is 25.7 Å². The van der Waals surface area contributed by atoms with Crippen LogP contribution in [0.4, 0.5) is 0 Å². The molecule has 259 valence electrons. The van der Waals surface area contributed by atoms with Crippen LogP contribution in [0.25, 0.3) is 61.3 Å². The van der Waals surface area contributed by atoms with Gasteiger partial charge in [0.2, 0.25) is 0 Å². The van der Waals surface area contributed by atoms with Gasteiger partial charge in [0.1, 0.15) is 5.58 Å². The number of aryl methyl sites for hydroxylation is 1. The van der Waals surface area contributed by atoms with E-state index in [1.807, 2.05) is 99.8 Å². The first kappa shape index (κ1) is 30.3. The van der Waals surface area contributed by atoms with Gasteiger partial charge in [0.05, 0.1) is 22.4 Å². The molecule has 0 fully saturated rings. The van der Waals surface area contributed by atoms with Gasteiger partial charge in [0.15, 0.2) is 0 Å². The van der Waals surface area contributed by atoms with E-state index in [0.29, 0.717) is 16.8 Å². The summed E-state index contributed by atoms with van der Waals surface area (Å²) in [6, 6.07) is 43.6. The molecule has 8 rings (SSSR count). The van der Waals surface area contributed by atoms with Crippen molar-refractivity contribution in [3.8, 4) is 28.3 Å². The summed E-state index contributed by atoms with van der Waals surface area (Å²) in [6.45, 7) is 3.55. The number of nitrogens with zero attached hydrogens (tertiary/aromatic N) is 3. The van der Waals surface area contributed by atoms with E-state index in [1.54, 1.807) is 12.1 Å². The van der Waals surface area contributed by atoms with Crippen molar-refractivity contribution < 1.29 is 31.4 Å². The van der Waals surface area contributed by atoms with Gasteiger partial charge in [-0.15, -0.1) is 17.7 Å². The molecule has 0 aliphatic heterocycles. The van der Waals surface area contributed by atoms with Crippen LogP contribution in [0.3, 0.4) is 0 Å². The Hall–Kier alpha value is -4.29. The smallest absolute Gasteiger partial charge is 0.123 e. The Morgan fingerprint density at radius 1 is 0.804 bits per heavy atom. The summed E-state index contributed by atoms with van der Waals surface area (Å²) in [7, 11) is 0. The monoisotopic (exact) mass is 913 g/mol. The molecule has 0 atom stereocenters. The predicted molar refractivity (Wildman–Crippen MR) is 212 cm³/mol. The quantitative estimate of drug-likeness (QED) is 0.128. The normalized spacial score (nSPS) is 13.7. The fourth-order valence-electron chi connectivity index (χ4n) is 6.13. The second-order valence-corrected chi connectivity index (χ2v) is 25.1. The van der Waals surface area contributed by atoms with Gasteiger partial charge in [-0.05, 0) is 35.7 Å². The number of furan rings is 1. The molecule has 0 aliphatic carbocycles. The molecule has 6 heteroatoms. The number of rotatable bonds is 5. The van der Waals surface area contributed by atoms with E-state index < -0.39 is 31.9 Å². The van der Waals surface area contributed by atoms with Crippen LogP contribution in [0.1, 0.15) is 38.8 Å². The first-order valence-corrected chi connectivity index (χ1v) is 24.2. The molecule has 0 aliphatic rings. The van der Waals surface area contributed by atoms with E-state index in [4.69, 9.17) is 16.3 Å². The standard InChI is InChI=1S/C25H15N2O.C20H28GeN.Ir/c1-2-8-18(9-3-1)27-22-12-6-5-11-21(22)26-25(27)17-14-15-20-19-10-4-7-13-23(19)28-24(20)16-17;1-15-8-10-16(11-9-15)19-12-17(13-20(2,3)4)18(14-22-19)21(5,6)7;/h1-13,15-16H;8-10,12,14H,13H2,1-7H3;/q2*-1;/i;1D3,13D2;. The number of pyridine rings is 1. The Balaban J connectivity index is 0.000000187. The Kier molecular flexibility index (Phi) is 8.78. The summed E-state index contributed by atoms with van der Waals surface area (Å²) in [5, 5.41) is 2.18. The van der Waals surface area contributed by atoms with Crippen LogP contribution in [-0.2, 0) is 26.5 Å². The van der Waals surface area contributed by atoms with Crippen molar-refractivity contribution in [1.29, 1.82) is 0 Å². The van der Waals surface area contributed by atoms with Gasteiger partial charge in [0.25, 0.3) is 0 Å².